The predicted octanol–water partition coefficient (Wildman–Crippen LogP) is 3.69. The number of fused-ring (bicyclic) bond motifs is 1. The molecule has 1 heterocycles. The van der Waals surface area contributed by atoms with E-state index < -0.39 is 5.97 Å². The Hall–Kier alpha value is -3.13. The number of likely N-dealkylation sites (N-methyl/N-ethyl adjacent to an activating group) is 1. The summed E-state index contributed by atoms with van der Waals surface area (Å²) in [7, 11) is 4.66. The molecular weight excluding hydrogens is 392 g/mol. The van der Waals surface area contributed by atoms with Crippen LogP contribution in [0, 0.1) is 0 Å². The third-order valence-corrected chi connectivity index (χ3v) is 5.79. The van der Waals surface area contributed by atoms with Crippen LogP contribution in [0.15, 0.2) is 42.5 Å². The highest BCUT2D eigenvalue weighted by Crippen LogP contribution is 2.29. The highest BCUT2D eigenvalue weighted by molar-refractivity contribution is 7.18. The molecule has 2 aromatic carbocycles. The second-order valence-corrected chi connectivity index (χ2v) is 7.41. The molecule has 1 amide bonds. The van der Waals surface area contributed by atoms with Crippen LogP contribution in [-0.4, -0.2) is 49.6 Å². The van der Waals surface area contributed by atoms with E-state index in [1.807, 2.05) is 31.2 Å². The van der Waals surface area contributed by atoms with Gasteiger partial charge in [-0.15, -0.1) is 11.3 Å². The molecule has 0 spiro atoms. The largest absolute Gasteiger partial charge is 0.493 e. The van der Waals surface area contributed by atoms with Crippen molar-refractivity contribution >= 4 is 33.4 Å². The number of hydrogen-bond acceptors (Lipinski definition) is 7. The molecule has 1 aromatic heterocycles. The Morgan fingerprint density at radius 3 is 2.52 bits per heavy atom. The van der Waals surface area contributed by atoms with Gasteiger partial charge in [-0.1, -0.05) is 12.1 Å². The molecular formula is C21H22N2O5S. The SMILES string of the molecule is COc1ccc(C(=O)OCC(=O)N(C)[C@H](C)c2nc3ccccc3s2)cc1OC. The van der Waals surface area contributed by atoms with Crippen LogP contribution in [-0.2, 0) is 9.53 Å². The number of methoxy groups -OCH3 is 2. The highest BCUT2D eigenvalue weighted by atomic mass is 32.1. The highest BCUT2D eigenvalue weighted by Gasteiger charge is 2.22. The third-order valence-electron chi connectivity index (χ3n) is 4.59. The van der Waals surface area contributed by atoms with E-state index in [2.05, 4.69) is 4.98 Å². The quantitative estimate of drug-likeness (QED) is 0.549. The van der Waals surface area contributed by atoms with Crippen molar-refractivity contribution in [1.82, 2.24) is 9.88 Å². The number of nitrogens with zero attached hydrogens (tertiary/aromatic N) is 2. The molecule has 3 rings (SSSR count). The van der Waals surface area contributed by atoms with Crippen molar-refractivity contribution in [2.24, 2.45) is 0 Å². The Kier molecular flexibility index (Phi) is 6.33. The third kappa shape index (κ3) is 4.48. The van der Waals surface area contributed by atoms with Crippen molar-refractivity contribution < 1.29 is 23.8 Å². The Bertz CT molecular complexity index is 1000. The van der Waals surface area contributed by atoms with E-state index in [4.69, 9.17) is 14.2 Å². The first-order valence-corrected chi connectivity index (χ1v) is 9.76. The van der Waals surface area contributed by atoms with Gasteiger partial charge in [-0.05, 0) is 37.3 Å². The minimum absolute atomic E-state index is 0.236. The zero-order chi connectivity index (χ0) is 21.0. The minimum Gasteiger partial charge on any atom is -0.493 e. The molecule has 1 atom stereocenters. The summed E-state index contributed by atoms with van der Waals surface area (Å²) < 4.78 is 16.6. The van der Waals surface area contributed by atoms with Crippen molar-refractivity contribution in [3.8, 4) is 11.5 Å². The van der Waals surface area contributed by atoms with Gasteiger partial charge >= 0.3 is 5.97 Å². The van der Waals surface area contributed by atoms with E-state index >= 15 is 0 Å². The zero-order valence-electron chi connectivity index (χ0n) is 16.7. The molecule has 0 fully saturated rings. The summed E-state index contributed by atoms with van der Waals surface area (Å²) in [4.78, 5) is 30.9. The zero-order valence-corrected chi connectivity index (χ0v) is 17.5. The van der Waals surface area contributed by atoms with E-state index in [1.165, 1.54) is 25.2 Å². The van der Waals surface area contributed by atoms with Crippen molar-refractivity contribution in [2.45, 2.75) is 13.0 Å². The number of hydrogen-bond donors (Lipinski definition) is 0. The molecule has 0 N–H and O–H groups in total. The van der Waals surface area contributed by atoms with Gasteiger partial charge in [0.1, 0.15) is 5.01 Å². The molecule has 29 heavy (non-hydrogen) atoms. The summed E-state index contributed by atoms with van der Waals surface area (Å²) in [5, 5.41) is 0.827. The molecule has 0 aliphatic heterocycles. The Balaban J connectivity index is 1.62. The molecule has 0 aliphatic rings. The molecule has 8 heteroatoms. The van der Waals surface area contributed by atoms with Gasteiger partial charge in [-0.25, -0.2) is 9.78 Å². The summed E-state index contributed by atoms with van der Waals surface area (Å²) in [6.07, 6.45) is 0. The van der Waals surface area contributed by atoms with Crippen molar-refractivity contribution in [1.29, 1.82) is 0 Å². The summed E-state index contributed by atoms with van der Waals surface area (Å²) in [5.41, 5.74) is 1.18. The molecule has 0 saturated carbocycles. The number of benzene rings is 2. The first kappa shape index (κ1) is 20.6. The van der Waals surface area contributed by atoms with Gasteiger partial charge in [0.05, 0.1) is 36.0 Å². The number of para-hydroxylation sites is 1. The Labute approximate surface area is 172 Å². The normalized spacial score (nSPS) is 11.7. The number of thiazole rings is 1. The maximum absolute atomic E-state index is 12.5. The molecule has 152 valence electrons. The lowest BCUT2D eigenvalue weighted by Crippen LogP contribution is -2.33. The van der Waals surface area contributed by atoms with Crippen LogP contribution in [0.1, 0.15) is 28.3 Å². The fourth-order valence-corrected chi connectivity index (χ4v) is 3.79. The van der Waals surface area contributed by atoms with E-state index in [1.54, 1.807) is 30.5 Å². The number of carbonyl (C=O) groups is 2. The van der Waals surface area contributed by atoms with Gasteiger partial charge in [-0.2, -0.15) is 0 Å². The number of rotatable bonds is 7. The van der Waals surface area contributed by atoms with Crippen molar-refractivity contribution in [2.75, 3.05) is 27.9 Å². The second-order valence-electron chi connectivity index (χ2n) is 6.35. The summed E-state index contributed by atoms with van der Waals surface area (Å²) in [5.74, 6) is -0.00898. The molecule has 3 aromatic rings. The Morgan fingerprint density at radius 2 is 1.83 bits per heavy atom. The lowest BCUT2D eigenvalue weighted by molar-refractivity contribution is -0.135. The van der Waals surface area contributed by atoms with E-state index in [-0.39, 0.29) is 24.1 Å². The number of ether oxygens (including phenoxy) is 3. The molecule has 0 bridgehead atoms. The number of carbonyl (C=O) groups excluding carboxylic acids is 2. The van der Waals surface area contributed by atoms with E-state index in [9.17, 15) is 9.59 Å². The maximum atomic E-state index is 12.5. The number of esters is 1. The number of amides is 1. The van der Waals surface area contributed by atoms with Crippen molar-refractivity contribution in [3.63, 3.8) is 0 Å². The molecule has 0 radical (unpaired) electrons. The topological polar surface area (TPSA) is 78.0 Å². The first-order chi connectivity index (χ1) is 13.9. The van der Waals surface area contributed by atoms with Gasteiger partial charge < -0.3 is 19.1 Å². The van der Waals surface area contributed by atoms with Crippen LogP contribution in [0.3, 0.4) is 0 Å². The lowest BCUT2D eigenvalue weighted by Gasteiger charge is -2.23. The van der Waals surface area contributed by atoms with E-state index in [0.29, 0.717) is 11.5 Å². The average molecular weight is 414 g/mol. The standard InChI is InChI=1S/C21H22N2O5S/c1-13(20-22-15-7-5-6-8-18(15)29-20)23(2)19(24)12-28-21(25)14-9-10-16(26-3)17(11-14)27-4/h5-11,13H,12H2,1-4H3/t13-/m1/s1. The Morgan fingerprint density at radius 1 is 1.10 bits per heavy atom. The molecule has 0 unspecified atom stereocenters. The number of aromatic nitrogens is 1. The van der Waals surface area contributed by atoms with Crippen LogP contribution < -0.4 is 9.47 Å². The monoisotopic (exact) mass is 414 g/mol. The first-order valence-electron chi connectivity index (χ1n) is 8.95. The van der Waals surface area contributed by atoms with Gasteiger partial charge in [0, 0.05) is 7.05 Å². The van der Waals surface area contributed by atoms with Crippen LogP contribution in [0.25, 0.3) is 10.2 Å². The lowest BCUT2D eigenvalue weighted by atomic mass is 10.2. The summed E-state index contributed by atoms with van der Waals surface area (Å²) in [6, 6.07) is 12.3. The van der Waals surface area contributed by atoms with Crippen LogP contribution >= 0.6 is 11.3 Å². The predicted molar refractivity (Wildman–Crippen MR) is 111 cm³/mol. The molecule has 7 nitrogen and oxygen atoms in total. The smallest absolute Gasteiger partial charge is 0.338 e. The van der Waals surface area contributed by atoms with E-state index in [0.717, 1.165) is 15.2 Å². The maximum Gasteiger partial charge on any atom is 0.338 e. The van der Waals surface area contributed by atoms with Crippen LogP contribution in [0.2, 0.25) is 0 Å². The summed E-state index contributed by atoms with van der Waals surface area (Å²) in [6.45, 7) is 1.53. The van der Waals surface area contributed by atoms with Gasteiger partial charge in [0.25, 0.3) is 5.91 Å². The minimum atomic E-state index is -0.611. The van der Waals surface area contributed by atoms with Gasteiger partial charge in [-0.3, -0.25) is 4.79 Å². The summed E-state index contributed by atoms with van der Waals surface area (Å²) >= 11 is 1.54. The second kappa shape index (κ2) is 8.91. The molecule has 0 aliphatic carbocycles. The van der Waals surface area contributed by atoms with Crippen molar-refractivity contribution in [3.05, 3.63) is 53.0 Å². The van der Waals surface area contributed by atoms with Gasteiger partial charge in [0.2, 0.25) is 0 Å². The van der Waals surface area contributed by atoms with Crippen LogP contribution in [0.5, 0.6) is 11.5 Å². The molecule has 0 saturated heterocycles. The van der Waals surface area contributed by atoms with Gasteiger partial charge in [0.15, 0.2) is 18.1 Å². The fraction of sp³-hybridized carbons (Fsp3) is 0.286. The average Bonchev–Trinajstić information content (AvgIpc) is 3.19. The fourth-order valence-electron chi connectivity index (χ4n) is 2.73. The van der Waals surface area contributed by atoms with Crippen LogP contribution in [0.4, 0.5) is 0 Å².